The Bertz CT molecular complexity index is 1820. The van der Waals surface area contributed by atoms with E-state index in [1.54, 1.807) is 44.7 Å². The first-order valence-electron chi connectivity index (χ1n) is 17.5. The van der Waals surface area contributed by atoms with Crippen molar-refractivity contribution in [3.8, 4) is 0 Å². The molecule has 0 bridgehead atoms. The molecule has 0 saturated heterocycles. The number of thiazole rings is 2. The Labute approximate surface area is 324 Å². The van der Waals surface area contributed by atoms with Crippen molar-refractivity contribution in [2.75, 3.05) is 7.05 Å². The summed E-state index contributed by atoms with van der Waals surface area (Å²) in [6.07, 6.45) is -0.673. The molecule has 0 aliphatic heterocycles. The molecule has 54 heavy (non-hydrogen) atoms. The Balaban J connectivity index is 1.79. The average molecular weight is 801 g/mol. The standard InChI is InChI=1S/C37H49N6O8PS2/c1-24(2)33(34(38)44)43(37(46)42(5)20-28-22-53-35(40-28)25(3)4)29(16-26-12-8-6-9-13-26)18-32(51-52(47,48)49)31(17-27-14-10-7-11-15-27)41-36(45)50-21-30-19-39-23-54-30/h6-15,19,22-25,29,31-33H,16-18,20-21H2,1-5H3,(H2,38,44)(H,41,45)(H2,47,48,49)/t29-,31-,32-,33-/m0/s1. The van der Waals surface area contributed by atoms with Crippen LogP contribution in [0.3, 0.4) is 0 Å². The fraction of sp³-hybridized carbons (Fsp3) is 0.432. The van der Waals surface area contributed by atoms with E-state index in [2.05, 4.69) is 15.3 Å². The Kier molecular flexibility index (Phi) is 15.7. The summed E-state index contributed by atoms with van der Waals surface area (Å²) in [6.45, 7) is 7.66. The van der Waals surface area contributed by atoms with E-state index in [1.165, 1.54) is 32.5 Å². The zero-order valence-corrected chi connectivity index (χ0v) is 33.5. The molecule has 17 heteroatoms. The minimum absolute atomic E-state index is 0.0733. The Hall–Kier alpha value is -4.18. The smallest absolute Gasteiger partial charge is 0.444 e. The lowest BCUT2D eigenvalue weighted by Crippen LogP contribution is -2.60. The molecule has 5 N–H and O–H groups in total. The highest BCUT2D eigenvalue weighted by Crippen LogP contribution is 2.40. The second-order valence-electron chi connectivity index (χ2n) is 13.7. The highest BCUT2D eigenvalue weighted by molar-refractivity contribution is 7.46. The van der Waals surface area contributed by atoms with E-state index in [0.29, 0.717) is 10.6 Å². The van der Waals surface area contributed by atoms with Crippen molar-refractivity contribution in [2.45, 2.75) is 90.3 Å². The number of carbonyl (C=O) groups is 3. The summed E-state index contributed by atoms with van der Waals surface area (Å²) in [6, 6.07) is 14.6. The van der Waals surface area contributed by atoms with E-state index in [9.17, 15) is 28.7 Å². The number of amides is 4. The van der Waals surface area contributed by atoms with E-state index < -0.39 is 56.0 Å². The van der Waals surface area contributed by atoms with Crippen LogP contribution in [0, 0.1) is 5.92 Å². The average Bonchev–Trinajstić information content (AvgIpc) is 3.81. The first-order chi connectivity index (χ1) is 25.6. The number of rotatable bonds is 19. The van der Waals surface area contributed by atoms with Crippen LogP contribution in [-0.4, -0.2) is 78.9 Å². The number of carbonyl (C=O) groups excluding carboxylic acids is 3. The van der Waals surface area contributed by atoms with Crippen LogP contribution in [0.25, 0.3) is 0 Å². The van der Waals surface area contributed by atoms with Gasteiger partial charge in [-0.2, -0.15) is 0 Å². The van der Waals surface area contributed by atoms with Gasteiger partial charge in [-0.3, -0.25) is 14.3 Å². The summed E-state index contributed by atoms with van der Waals surface area (Å²) >= 11 is 2.80. The molecule has 0 saturated carbocycles. The fourth-order valence-corrected chi connectivity index (χ4v) is 8.07. The molecule has 14 nitrogen and oxygen atoms in total. The number of nitrogens with two attached hydrogens (primary N) is 1. The number of alkyl carbamates (subject to hydrolysis) is 1. The molecule has 2 aromatic heterocycles. The molecule has 4 amide bonds. The number of primary amides is 1. The molecular formula is C37H49N6O8PS2. The summed E-state index contributed by atoms with van der Waals surface area (Å²) < 4.78 is 23.7. The quantitative estimate of drug-likeness (QED) is 0.0804. The third-order valence-electron chi connectivity index (χ3n) is 8.60. The lowest BCUT2D eigenvalue weighted by atomic mass is 9.90. The van der Waals surface area contributed by atoms with Gasteiger partial charge in [-0.15, -0.1) is 22.7 Å². The van der Waals surface area contributed by atoms with Crippen molar-refractivity contribution < 1.29 is 38.0 Å². The minimum atomic E-state index is -5.22. The highest BCUT2D eigenvalue weighted by atomic mass is 32.1. The number of aromatic nitrogens is 2. The third kappa shape index (κ3) is 13.0. The molecule has 4 atom stereocenters. The number of nitrogens with one attached hydrogen (secondary N) is 1. The molecular weight excluding hydrogens is 752 g/mol. The van der Waals surface area contributed by atoms with Crippen LogP contribution in [0.4, 0.5) is 9.59 Å². The zero-order valence-electron chi connectivity index (χ0n) is 31.0. The zero-order chi connectivity index (χ0) is 39.4. The highest BCUT2D eigenvalue weighted by Gasteiger charge is 2.42. The number of urea groups is 1. The van der Waals surface area contributed by atoms with Gasteiger partial charge >= 0.3 is 19.9 Å². The summed E-state index contributed by atoms with van der Waals surface area (Å²) in [5.74, 6) is -1.00. The van der Waals surface area contributed by atoms with Crippen LogP contribution in [-0.2, 0) is 44.6 Å². The van der Waals surface area contributed by atoms with Crippen LogP contribution < -0.4 is 11.1 Å². The monoisotopic (exact) mass is 800 g/mol. The van der Waals surface area contributed by atoms with Crippen molar-refractivity contribution >= 4 is 48.5 Å². The number of nitrogens with zero attached hydrogens (tertiary/aromatic N) is 4. The van der Waals surface area contributed by atoms with E-state index in [4.69, 9.17) is 15.0 Å². The van der Waals surface area contributed by atoms with Gasteiger partial charge in [0.05, 0.1) is 39.8 Å². The molecule has 0 spiro atoms. The molecule has 0 unspecified atom stereocenters. The van der Waals surface area contributed by atoms with Gasteiger partial charge in [0.2, 0.25) is 5.91 Å². The summed E-state index contributed by atoms with van der Waals surface area (Å²) in [4.78, 5) is 74.0. The number of ether oxygens (including phenoxy) is 1. The predicted molar refractivity (Wildman–Crippen MR) is 208 cm³/mol. The van der Waals surface area contributed by atoms with E-state index in [1.807, 2.05) is 67.8 Å². The van der Waals surface area contributed by atoms with Crippen LogP contribution in [0.1, 0.15) is 66.7 Å². The van der Waals surface area contributed by atoms with E-state index in [-0.39, 0.29) is 38.3 Å². The largest absolute Gasteiger partial charge is 0.469 e. The molecule has 2 aromatic carbocycles. The van der Waals surface area contributed by atoms with Crippen LogP contribution in [0.2, 0.25) is 0 Å². The number of benzene rings is 2. The van der Waals surface area contributed by atoms with Gasteiger partial charge in [0, 0.05) is 30.6 Å². The SMILES string of the molecule is CC(C)c1nc(CN(C)C(=O)N([C@@H](Cc2ccccc2)C[C@H](OP(=O)(O)O)[C@H](Cc2ccccc2)NC(=O)OCc2cncs2)[C@H](C(N)=O)C(C)C)cs1. The molecule has 0 aliphatic rings. The van der Waals surface area contributed by atoms with Gasteiger partial charge in [-0.05, 0) is 36.3 Å². The van der Waals surface area contributed by atoms with E-state index >= 15 is 0 Å². The van der Waals surface area contributed by atoms with Crippen molar-refractivity contribution in [3.63, 3.8) is 0 Å². The lowest BCUT2D eigenvalue weighted by Gasteiger charge is -2.42. The van der Waals surface area contributed by atoms with Gasteiger partial charge < -0.3 is 35.4 Å². The van der Waals surface area contributed by atoms with Crippen molar-refractivity contribution in [1.82, 2.24) is 25.1 Å². The van der Waals surface area contributed by atoms with Gasteiger partial charge in [-0.25, -0.2) is 19.1 Å². The number of phosphoric acid groups is 1. The van der Waals surface area contributed by atoms with Gasteiger partial charge in [0.25, 0.3) is 0 Å². The molecule has 292 valence electrons. The third-order valence-corrected chi connectivity index (χ3v) is 11.1. The van der Waals surface area contributed by atoms with Crippen LogP contribution in [0.15, 0.2) is 77.8 Å². The van der Waals surface area contributed by atoms with Crippen LogP contribution >= 0.6 is 30.5 Å². The number of hydrogen-bond donors (Lipinski definition) is 4. The van der Waals surface area contributed by atoms with Crippen molar-refractivity contribution in [1.29, 1.82) is 0 Å². The molecule has 0 radical (unpaired) electrons. The van der Waals surface area contributed by atoms with Crippen molar-refractivity contribution in [3.05, 3.63) is 104 Å². The van der Waals surface area contributed by atoms with Gasteiger partial charge in [0.1, 0.15) is 12.6 Å². The molecule has 2 heterocycles. The Morgan fingerprint density at radius 3 is 2.11 bits per heavy atom. The lowest BCUT2D eigenvalue weighted by molar-refractivity contribution is -0.125. The van der Waals surface area contributed by atoms with Crippen molar-refractivity contribution in [2.24, 2.45) is 11.7 Å². The Morgan fingerprint density at radius 1 is 0.963 bits per heavy atom. The topological polar surface area (TPSA) is 198 Å². The van der Waals surface area contributed by atoms with E-state index in [0.717, 1.165) is 16.1 Å². The summed E-state index contributed by atoms with van der Waals surface area (Å²) in [5, 5.41) is 5.58. The number of phosphoric ester groups is 1. The maximum Gasteiger partial charge on any atom is 0.469 e. The first-order valence-corrected chi connectivity index (χ1v) is 20.8. The predicted octanol–water partition coefficient (Wildman–Crippen LogP) is 6.10. The maximum atomic E-state index is 14.7. The van der Waals surface area contributed by atoms with Gasteiger partial charge in [0.15, 0.2) is 0 Å². The van der Waals surface area contributed by atoms with Crippen LogP contribution in [0.5, 0.6) is 0 Å². The molecule has 4 rings (SSSR count). The maximum absolute atomic E-state index is 14.7. The second kappa shape index (κ2) is 19.9. The Morgan fingerprint density at radius 2 is 1.59 bits per heavy atom. The second-order valence-corrected chi connectivity index (χ2v) is 16.7. The normalized spacial score (nSPS) is 13.9. The summed E-state index contributed by atoms with van der Waals surface area (Å²) in [5.41, 5.74) is 9.83. The molecule has 0 fully saturated rings. The van der Waals surface area contributed by atoms with Gasteiger partial charge in [-0.1, -0.05) is 88.4 Å². The first kappa shape index (κ1) is 42.6. The summed E-state index contributed by atoms with van der Waals surface area (Å²) in [7, 11) is -3.61. The molecule has 4 aromatic rings. The fourth-order valence-electron chi connectivity index (χ4n) is 6.15. The number of hydrogen-bond acceptors (Lipinski definition) is 10. The molecule has 0 aliphatic carbocycles. The minimum Gasteiger partial charge on any atom is -0.444 e.